The quantitative estimate of drug-likeness (QED) is 0.679. The number of halogens is 2. The molecule has 0 unspecified atom stereocenters. The fourth-order valence-electron chi connectivity index (χ4n) is 2.88. The summed E-state index contributed by atoms with van der Waals surface area (Å²) in [5.74, 6) is 0.142. The lowest BCUT2D eigenvalue weighted by Gasteiger charge is -2.32. The highest BCUT2D eigenvalue weighted by atomic mass is 35.5. The molecule has 0 saturated carbocycles. The van der Waals surface area contributed by atoms with Crippen molar-refractivity contribution >= 4 is 42.1 Å². The van der Waals surface area contributed by atoms with Gasteiger partial charge in [0.25, 0.3) is 0 Å². The summed E-state index contributed by atoms with van der Waals surface area (Å²) < 4.78 is 5.79. The van der Waals surface area contributed by atoms with Gasteiger partial charge in [-0.15, -0.1) is 36.2 Å². The van der Waals surface area contributed by atoms with Crippen molar-refractivity contribution in [2.45, 2.75) is 31.8 Å². The highest BCUT2D eigenvalue weighted by Crippen LogP contribution is 2.23. The molecule has 2 N–H and O–H groups in total. The third kappa shape index (κ3) is 7.01. The van der Waals surface area contributed by atoms with E-state index in [0.717, 1.165) is 48.6 Å². The number of carbonyl (C=O) groups is 1. The molecule has 3 rings (SSSR count). The Kier molecular flexibility index (Phi) is 10.8. The van der Waals surface area contributed by atoms with E-state index in [1.165, 1.54) is 0 Å². The van der Waals surface area contributed by atoms with Gasteiger partial charge in [0, 0.05) is 43.0 Å². The minimum absolute atomic E-state index is 0. The summed E-state index contributed by atoms with van der Waals surface area (Å²) in [5, 5.41) is 2.87. The molecule has 6 nitrogen and oxygen atoms in total. The average Bonchev–Trinajstić information content (AvgIpc) is 3.12. The third-order valence-electron chi connectivity index (χ3n) is 4.29. The van der Waals surface area contributed by atoms with Crippen LogP contribution in [-0.2, 0) is 16.0 Å². The molecule has 1 amide bonds. The minimum atomic E-state index is 0. The van der Waals surface area contributed by atoms with E-state index >= 15 is 0 Å². The maximum absolute atomic E-state index is 12.5. The number of carbonyl (C=O) groups excluding carboxylic acids is 1. The van der Waals surface area contributed by atoms with E-state index in [2.05, 4.69) is 9.97 Å². The van der Waals surface area contributed by atoms with Crippen LogP contribution < -0.4 is 5.73 Å². The largest absolute Gasteiger partial charge is 0.378 e. The van der Waals surface area contributed by atoms with E-state index in [9.17, 15) is 4.79 Å². The van der Waals surface area contributed by atoms with Crippen molar-refractivity contribution in [3.05, 3.63) is 35.6 Å². The van der Waals surface area contributed by atoms with Gasteiger partial charge in [0.2, 0.25) is 5.91 Å². The number of aromatic nitrogens is 2. The molecule has 0 aromatic carbocycles. The summed E-state index contributed by atoms with van der Waals surface area (Å²) in [4.78, 5) is 23.1. The zero-order valence-electron chi connectivity index (χ0n) is 15.1. The number of hydrogen-bond acceptors (Lipinski definition) is 6. The molecule has 1 aliphatic rings. The van der Waals surface area contributed by atoms with Gasteiger partial charge >= 0.3 is 0 Å². The number of likely N-dealkylation sites (tertiary alicyclic amines) is 1. The predicted octanol–water partition coefficient (Wildman–Crippen LogP) is 2.95. The summed E-state index contributed by atoms with van der Waals surface area (Å²) >= 11 is 1.55. The van der Waals surface area contributed by atoms with Crippen LogP contribution in [0.5, 0.6) is 0 Å². The van der Waals surface area contributed by atoms with Crippen LogP contribution >= 0.6 is 36.2 Å². The van der Waals surface area contributed by atoms with E-state index in [1.807, 2.05) is 22.4 Å². The van der Waals surface area contributed by atoms with Gasteiger partial charge < -0.3 is 15.4 Å². The number of piperidine rings is 1. The molecule has 1 aliphatic heterocycles. The highest BCUT2D eigenvalue weighted by Gasteiger charge is 2.23. The monoisotopic (exact) mass is 432 g/mol. The van der Waals surface area contributed by atoms with Gasteiger partial charge in [-0.3, -0.25) is 9.78 Å². The van der Waals surface area contributed by atoms with Crippen LogP contribution in [0, 0.1) is 0 Å². The average molecular weight is 433 g/mol. The number of thiazole rings is 1. The van der Waals surface area contributed by atoms with Gasteiger partial charge in [0.05, 0.1) is 18.2 Å². The summed E-state index contributed by atoms with van der Waals surface area (Å²) in [6.45, 7) is 2.88. The van der Waals surface area contributed by atoms with Crippen LogP contribution in [0.2, 0.25) is 0 Å². The Hall–Kier alpha value is -1.25. The molecular formula is C18H26Cl2N4O2S. The second-order valence-corrected chi connectivity index (χ2v) is 7.01. The van der Waals surface area contributed by atoms with Crippen LogP contribution in [-0.4, -0.2) is 53.1 Å². The van der Waals surface area contributed by atoms with Crippen molar-refractivity contribution < 1.29 is 9.53 Å². The molecule has 1 saturated heterocycles. The maximum Gasteiger partial charge on any atom is 0.228 e. The number of nitrogens with zero attached hydrogens (tertiary/aromatic N) is 3. The highest BCUT2D eigenvalue weighted by molar-refractivity contribution is 7.13. The van der Waals surface area contributed by atoms with Gasteiger partial charge in [0.1, 0.15) is 5.01 Å². The number of pyridine rings is 1. The van der Waals surface area contributed by atoms with Gasteiger partial charge in [-0.1, -0.05) is 0 Å². The minimum Gasteiger partial charge on any atom is -0.378 e. The molecule has 2 aromatic heterocycles. The number of amides is 1. The predicted molar refractivity (Wildman–Crippen MR) is 113 cm³/mol. The van der Waals surface area contributed by atoms with Crippen molar-refractivity contribution in [2.24, 2.45) is 5.73 Å². The van der Waals surface area contributed by atoms with E-state index in [-0.39, 0.29) is 36.8 Å². The fourth-order valence-corrected chi connectivity index (χ4v) is 3.69. The first-order chi connectivity index (χ1) is 12.3. The first kappa shape index (κ1) is 23.8. The Morgan fingerprint density at radius 3 is 2.78 bits per heavy atom. The number of nitrogens with two attached hydrogens (primary N) is 1. The molecule has 0 atom stereocenters. The maximum atomic E-state index is 12.5. The lowest BCUT2D eigenvalue weighted by atomic mass is 10.1. The zero-order chi connectivity index (χ0) is 17.5. The Labute approximate surface area is 176 Å². The fraction of sp³-hybridized carbons (Fsp3) is 0.500. The van der Waals surface area contributed by atoms with Crippen molar-refractivity contribution in [1.29, 1.82) is 0 Å². The SMILES string of the molecule is Cl.Cl.NCCCOC1CCN(C(=O)Cc2csc(-c3cccnc3)n2)CC1. The second kappa shape index (κ2) is 12.3. The molecule has 3 heterocycles. The van der Waals surface area contributed by atoms with Crippen LogP contribution in [0.15, 0.2) is 29.9 Å². The van der Waals surface area contributed by atoms with Gasteiger partial charge in [-0.25, -0.2) is 4.98 Å². The second-order valence-electron chi connectivity index (χ2n) is 6.16. The normalized spacial score (nSPS) is 14.3. The van der Waals surface area contributed by atoms with Crippen LogP contribution in [0.1, 0.15) is 25.0 Å². The Morgan fingerprint density at radius 2 is 2.11 bits per heavy atom. The number of hydrogen-bond donors (Lipinski definition) is 1. The van der Waals surface area contributed by atoms with Crippen LogP contribution in [0.3, 0.4) is 0 Å². The summed E-state index contributed by atoms with van der Waals surface area (Å²) in [6.07, 6.45) is 6.83. The van der Waals surface area contributed by atoms with Gasteiger partial charge in [-0.05, 0) is 37.9 Å². The molecule has 1 fully saturated rings. The smallest absolute Gasteiger partial charge is 0.228 e. The first-order valence-corrected chi connectivity index (χ1v) is 9.58. The number of ether oxygens (including phenoxy) is 1. The summed E-state index contributed by atoms with van der Waals surface area (Å²) in [6, 6.07) is 3.87. The Balaban J connectivity index is 0.00000182. The van der Waals surface area contributed by atoms with E-state index < -0.39 is 0 Å². The molecule has 150 valence electrons. The first-order valence-electron chi connectivity index (χ1n) is 8.70. The molecule has 0 radical (unpaired) electrons. The molecule has 27 heavy (non-hydrogen) atoms. The molecule has 0 aliphatic carbocycles. The molecule has 2 aromatic rings. The zero-order valence-corrected chi connectivity index (χ0v) is 17.5. The van der Waals surface area contributed by atoms with Crippen LogP contribution in [0.25, 0.3) is 10.6 Å². The van der Waals surface area contributed by atoms with Crippen molar-refractivity contribution in [3.63, 3.8) is 0 Å². The lowest BCUT2D eigenvalue weighted by Crippen LogP contribution is -2.41. The topological polar surface area (TPSA) is 81.3 Å². The Bertz CT molecular complexity index is 679. The van der Waals surface area contributed by atoms with Crippen LogP contribution in [0.4, 0.5) is 0 Å². The van der Waals surface area contributed by atoms with E-state index in [4.69, 9.17) is 10.5 Å². The standard InChI is InChI=1S/C18H24N4O2S.2ClH/c19-6-2-10-24-16-4-8-22(9-5-16)17(23)11-15-13-25-18(21-15)14-3-1-7-20-12-14;;/h1,3,7,12-13,16H,2,4-6,8-11,19H2;2*1H. The number of rotatable bonds is 7. The van der Waals surface area contributed by atoms with Crippen molar-refractivity contribution in [3.8, 4) is 10.6 Å². The summed E-state index contributed by atoms with van der Waals surface area (Å²) in [5.41, 5.74) is 7.29. The van der Waals surface area contributed by atoms with Crippen molar-refractivity contribution in [2.75, 3.05) is 26.2 Å². The van der Waals surface area contributed by atoms with E-state index in [1.54, 1.807) is 23.7 Å². The molecule has 0 spiro atoms. The lowest BCUT2D eigenvalue weighted by molar-refractivity contribution is -0.133. The molecule has 0 bridgehead atoms. The van der Waals surface area contributed by atoms with Crippen molar-refractivity contribution in [1.82, 2.24) is 14.9 Å². The molecular weight excluding hydrogens is 407 g/mol. The third-order valence-corrected chi connectivity index (χ3v) is 5.23. The Morgan fingerprint density at radius 1 is 1.33 bits per heavy atom. The van der Waals surface area contributed by atoms with Gasteiger partial charge in [-0.2, -0.15) is 0 Å². The van der Waals surface area contributed by atoms with Gasteiger partial charge in [0.15, 0.2) is 0 Å². The van der Waals surface area contributed by atoms with E-state index in [0.29, 0.717) is 19.6 Å². The molecule has 9 heteroatoms. The summed E-state index contributed by atoms with van der Waals surface area (Å²) in [7, 11) is 0.